The van der Waals surface area contributed by atoms with Crippen molar-refractivity contribution in [2.24, 2.45) is 11.8 Å². The quantitative estimate of drug-likeness (QED) is 0.758. The minimum Gasteiger partial charge on any atom is -0.289 e. The molecule has 2 bridgehead atoms. The Kier molecular flexibility index (Phi) is 2.64. The van der Waals surface area contributed by atoms with Crippen molar-refractivity contribution in [2.45, 2.75) is 38.6 Å². The largest absolute Gasteiger partial charge is 0.289 e. The summed E-state index contributed by atoms with van der Waals surface area (Å²) in [6.07, 6.45) is 6.63. The van der Waals surface area contributed by atoms with Crippen molar-refractivity contribution >= 4 is 22.6 Å². The predicted molar refractivity (Wildman–Crippen MR) is 78.0 cm³/mol. The molecule has 2 saturated carbocycles. The molecule has 0 amide bonds. The molecule has 2 aliphatic rings. The average Bonchev–Trinajstić information content (AvgIpc) is 3.00. The standard InChI is InChI=1S/C15H16ClN3O/c1-8-4-13(20)19(12-6-9-2-3-10(12)5-9)14-11(8)7-17-15(16)18-14/h4,7,9-10,12H,2-3,5-6H2,1H3. The lowest BCUT2D eigenvalue weighted by Gasteiger charge is -2.25. The van der Waals surface area contributed by atoms with Crippen LogP contribution in [0, 0.1) is 18.8 Å². The fourth-order valence-corrected chi connectivity index (χ4v) is 4.23. The Morgan fingerprint density at radius 1 is 1.35 bits per heavy atom. The molecule has 0 radical (unpaired) electrons. The number of pyridine rings is 1. The first-order chi connectivity index (χ1) is 9.63. The van der Waals surface area contributed by atoms with Gasteiger partial charge in [-0.2, -0.15) is 4.98 Å². The number of hydrogen-bond acceptors (Lipinski definition) is 3. The molecule has 4 rings (SSSR count). The van der Waals surface area contributed by atoms with Gasteiger partial charge in [-0.1, -0.05) is 6.42 Å². The number of aromatic nitrogens is 3. The Balaban J connectivity index is 1.98. The fraction of sp³-hybridized carbons (Fsp3) is 0.533. The summed E-state index contributed by atoms with van der Waals surface area (Å²) < 4.78 is 1.87. The molecule has 2 aliphatic carbocycles. The van der Waals surface area contributed by atoms with E-state index in [1.54, 1.807) is 12.3 Å². The second-order valence-corrected chi connectivity index (χ2v) is 6.49. The number of fused-ring (bicyclic) bond motifs is 3. The van der Waals surface area contributed by atoms with Crippen LogP contribution >= 0.6 is 11.6 Å². The van der Waals surface area contributed by atoms with Crippen LogP contribution < -0.4 is 5.56 Å². The van der Waals surface area contributed by atoms with Crippen LogP contribution in [0.15, 0.2) is 17.1 Å². The van der Waals surface area contributed by atoms with Gasteiger partial charge in [0.1, 0.15) is 5.65 Å². The van der Waals surface area contributed by atoms with Crippen LogP contribution in [0.3, 0.4) is 0 Å². The normalized spacial score (nSPS) is 28.4. The summed E-state index contributed by atoms with van der Waals surface area (Å²) in [6.45, 7) is 1.92. The first-order valence-corrected chi connectivity index (χ1v) is 7.55. The molecule has 0 aromatic carbocycles. The zero-order chi connectivity index (χ0) is 13.9. The van der Waals surface area contributed by atoms with Gasteiger partial charge in [-0.3, -0.25) is 9.36 Å². The minimum atomic E-state index is 0.0438. The third-order valence-electron chi connectivity index (χ3n) is 5.00. The summed E-state index contributed by atoms with van der Waals surface area (Å²) in [6, 6.07) is 1.99. The Hall–Kier alpha value is -1.42. The highest BCUT2D eigenvalue weighted by atomic mass is 35.5. The molecule has 5 heteroatoms. The van der Waals surface area contributed by atoms with Gasteiger partial charge >= 0.3 is 0 Å². The van der Waals surface area contributed by atoms with E-state index in [1.165, 1.54) is 19.3 Å². The van der Waals surface area contributed by atoms with Crippen molar-refractivity contribution in [3.63, 3.8) is 0 Å². The summed E-state index contributed by atoms with van der Waals surface area (Å²) in [7, 11) is 0. The van der Waals surface area contributed by atoms with Crippen molar-refractivity contribution < 1.29 is 0 Å². The molecular formula is C15H16ClN3O. The molecule has 0 aliphatic heterocycles. The summed E-state index contributed by atoms with van der Waals surface area (Å²) in [5.41, 5.74) is 1.66. The maximum atomic E-state index is 12.5. The second kappa shape index (κ2) is 4.29. The molecule has 104 valence electrons. The van der Waals surface area contributed by atoms with Gasteiger partial charge in [0.05, 0.1) is 0 Å². The number of aryl methyl sites for hydroxylation is 1. The van der Waals surface area contributed by atoms with Crippen LogP contribution in [0.5, 0.6) is 0 Å². The first kappa shape index (κ1) is 12.3. The van der Waals surface area contributed by atoms with Crippen molar-refractivity contribution in [3.8, 4) is 0 Å². The lowest BCUT2D eigenvalue weighted by Crippen LogP contribution is -2.29. The van der Waals surface area contributed by atoms with Crippen LogP contribution in [-0.4, -0.2) is 14.5 Å². The van der Waals surface area contributed by atoms with E-state index in [4.69, 9.17) is 11.6 Å². The lowest BCUT2D eigenvalue weighted by molar-refractivity contribution is 0.329. The van der Waals surface area contributed by atoms with Crippen molar-refractivity contribution in [3.05, 3.63) is 33.5 Å². The van der Waals surface area contributed by atoms with Crippen molar-refractivity contribution in [2.75, 3.05) is 0 Å². The summed E-state index contributed by atoms with van der Waals surface area (Å²) in [5.74, 6) is 1.41. The first-order valence-electron chi connectivity index (χ1n) is 7.18. The van der Waals surface area contributed by atoms with Gasteiger partial charge in [-0.05, 0) is 55.2 Å². The van der Waals surface area contributed by atoms with E-state index in [0.717, 1.165) is 23.3 Å². The van der Waals surface area contributed by atoms with Crippen LogP contribution in [0.25, 0.3) is 11.0 Å². The monoisotopic (exact) mass is 289 g/mol. The van der Waals surface area contributed by atoms with Gasteiger partial charge < -0.3 is 0 Å². The van der Waals surface area contributed by atoms with Crippen molar-refractivity contribution in [1.82, 2.24) is 14.5 Å². The molecule has 4 nitrogen and oxygen atoms in total. The molecule has 3 atom stereocenters. The molecule has 0 N–H and O–H groups in total. The highest BCUT2D eigenvalue weighted by molar-refractivity contribution is 6.28. The van der Waals surface area contributed by atoms with E-state index in [1.807, 2.05) is 11.5 Å². The van der Waals surface area contributed by atoms with Crippen LogP contribution in [0.1, 0.15) is 37.3 Å². The predicted octanol–water partition coefficient (Wildman–Crippen LogP) is 3.11. The lowest BCUT2D eigenvalue weighted by atomic mass is 9.94. The Morgan fingerprint density at radius 3 is 2.90 bits per heavy atom. The van der Waals surface area contributed by atoms with Crippen LogP contribution in [-0.2, 0) is 0 Å². The Labute approximate surface area is 121 Å². The molecule has 2 heterocycles. The maximum Gasteiger partial charge on any atom is 0.252 e. The van der Waals surface area contributed by atoms with E-state index < -0.39 is 0 Å². The average molecular weight is 290 g/mol. The van der Waals surface area contributed by atoms with Gasteiger partial charge in [-0.25, -0.2) is 4.98 Å². The number of halogens is 1. The van der Waals surface area contributed by atoms with Crippen LogP contribution in [0.2, 0.25) is 5.28 Å². The number of hydrogen-bond donors (Lipinski definition) is 0. The van der Waals surface area contributed by atoms with Gasteiger partial charge in [0.15, 0.2) is 0 Å². The van der Waals surface area contributed by atoms with E-state index >= 15 is 0 Å². The van der Waals surface area contributed by atoms with Gasteiger partial charge in [-0.15, -0.1) is 0 Å². The van der Waals surface area contributed by atoms with Crippen molar-refractivity contribution in [1.29, 1.82) is 0 Å². The van der Waals surface area contributed by atoms with E-state index in [0.29, 0.717) is 11.6 Å². The molecule has 2 fully saturated rings. The zero-order valence-electron chi connectivity index (χ0n) is 11.3. The molecule has 2 aromatic rings. The Bertz CT molecular complexity index is 755. The molecule has 20 heavy (non-hydrogen) atoms. The number of nitrogens with zero attached hydrogens (tertiary/aromatic N) is 3. The zero-order valence-corrected chi connectivity index (χ0v) is 12.1. The van der Waals surface area contributed by atoms with Gasteiger partial charge in [0, 0.05) is 23.7 Å². The van der Waals surface area contributed by atoms with Gasteiger partial charge in [0.25, 0.3) is 5.56 Å². The second-order valence-electron chi connectivity index (χ2n) is 6.15. The Morgan fingerprint density at radius 2 is 2.20 bits per heavy atom. The SMILES string of the molecule is Cc1cc(=O)n(C2CC3CCC2C3)c2nc(Cl)ncc12. The summed E-state index contributed by atoms with van der Waals surface area (Å²) in [4.78, 5) is 20.9. The summed E-state index contributed by atoms with van der Waals surface area (Å²) in [5, 5.41) is 1.14. The molecular weight excluding hydrogens is 274 g/mol. The van der Waals surface area contributed by atoms with E-state index in [9.17, 15) is 4.79 Å². The third-order valence-corrected chi connectivity index (χ3v) is 5.18. The minimum absolute atomic E-state index is 0.0438. The van der Waals surface area contributed by atoms with Crippen LogP contribution in [0.4, 0.5) is 0 Å². The maximum absolute atomic E-state index is 12.5. The van der Waals surface area contributed by atoms with E-state index in [-0.39, 0.29) is 16.9 Å². The summed E-state index contributed by atoms with van der Waals surface area (Å²) >= 11 is 5.94. The molecule has 0 saturated heterocycles. The fourth-order valence-electron chi connectivity index (χ4n) is 4.10. The highest BCUT2D eigenvalue weighted by Gasteiger charge is 2.41. The number of rotatable bonds is 1. The molecule has 3 unspecified atom stereocenters. The smallest absolute Gasteiger partial charge is 0.252 e. The van der Waals surface area contributed by atoms with E-state index in [2.05, 4.69) is 9.97 Å². The van der Waals surface area contributed by atoms with Gasteiger partial charge in [0.2, 0.25) is 5.28 Å². The highest BCUT2D eigenvalue weighted by Crippen LogP contribution is 2.50. The topological polar surface area (TPSA) is 47.8 Å². The molecule has 2 aromatic heterocycles. The molecule has 0 spiro atoms. The third kappa shape index (κ3) is 1.71.